The van der Waals surface area contributed by atoms with E-state index in [2.05, 4.69) is 9.88 Å². The van der Waals surface area contributed by atoms with Gasteiger partial charge in [0.25, 0.3) is 0 Å². The number of thiophene rings is 1. The van der Waals surface area contributed by atoms with E-state index in [9.17, 15) is 0 Å². The number of pyridine rings is 1. The molecular weight excluding hydrogens is 384 g/mol. The van der Waals surface area contributed by atoms with Crippen LogP contribution in [0.25, 0.3) is 20.4 Å². The molecule has 1 fully saturated rings. The number of aryl methyl sites for hydroxylation is 1. The number of anilines is 1. The summed E-state index contributed by atoms with van der Waals surface area (Å²) in [5.74, 6) is 1.23. The van der Waals surface area contributed by atoms with Gasteiger partial charge in [-0.1, -0.05) is 23.4 Å². The Balaban J connectivity index is 1.81. The van der Waals surface area contributed by atoms with E-state index in [4.69, 9.17) is 21.6 Å². The molecule has 0 radical (unpaired) electrons. The summed E-state index contributed by atoms with van der Waals surface area (Å²) >= 11 is 9.69. The molecule has 4 heterocycles. The maximum absolute atomic E-state index is 6.49. The van der Waals surface area contributed by atoms with Gasteiger partial charge in [0.2, 0.25) is 0 Å². The van der Waals surface area contributed by atoms with E-state index < -0.39 is 0 Å². The number of nitrogens with zero attached hydrogens (tertiary/aromatic N) is 4. The van der Waals surface area contributed by atoms with E-state index in [0.717, 1.165) is 46.1 Å². The molecule has 0 amide bonds. The maximum atomic E-state index is 6.49. The van der Waals surface area contributed by atoms with Crippen LogP contribution in [-0.2, 0) is 12.8 Å². The van der Waals surface area contributed by atoms with Crippen LogP contribution >= 0.6 is 34.7 Å². The zero-order chi connectivity index (χ0) is 17.7. The molecule has 2 aliphatic rings. The molecule has 0 bridgehead atoms. The van der Waals surface area contributed by atoms with Crippen LogP contribution in [0.1, 0.15) is 43.2 Å². The second-order valence-corrected chi connectivity index (χ2v) is 9.24. The maximum Gasteiger partial charge on any atom is 0.189 e. The van der Waals surface area contributed by atoms with Crippen molar-refractivity contribution in [1.82, 2.24) is 15.0 Å². The molecule has 5 rings (SSSR count). The largest absolute Gasteiger partial charge is 0.356 e. The van der Waals surface area contributed by atoms with Crippen molar-refractivity contribution in [2.75, 3.05) is 24.2 Å². The Kier molecular flexibility index (Phi) is 4.45. The first-order valence-electron chi connectivity index (χ1n) is 9.36. The van der Waals surface area contributed by atoms with Crippen LogP contribution in [0.3, 0.4) is 0 Å². The van der Waals surface area contributed by atoms with Gasteiger partial charge in [-0.15, -0.1) is 11.3 Å². The van der Waals surface area contributed by atoms with Crippen LogP contribution in [0.2, 0.25) is 5.15 Å². The molecule has 0 atom stereocenters. The van der Waals surface area contributed by atoms with Crippen LogP contribution in [0.4, 0.5) is 5.82 Å². The van der Waals surface area contributed by atoms with E-state index in [0.29, 0.717) is 5.15 Å². The zero-order valence-electron chi connectivity index (χ0n) is 14.8. The first kappa shape index (κ1) is 17.0. The van der Waals surface area contributed by atoms with Gasteiger partial charge >= 0.3 is 0 Å². The van der Waals surface area contributed by atoms with Crippen molar-refractivity contribution in [3.05, 3.63) is 16.3 Å². The highest BCUT2D eigenvalue weighted by atomic mass is 35.5. The lowest BCUT2D eigenvalue weighted by Gasteiger charge is -2.31. The molecule has 0 saturated carbocycles. The molecule has 4 nitrogen and oxygen atoms in total. The van der Waals surface area contributed by atoms with E-state index in [1.807, 2.05) is 6.26 Å². The van der Waals surface area contributed by atoms with Gasteiger partial charge < -0.3 is 4.90 Å². The van der Waals surface area contributed by atoms with Crippen LogP contribution in [0, 0.1) is 0 Å². The molecule has 1 aliphatic heterocycles. The van der Waals surface area contributed by atoms with Gasteiger partial charge in [0.1, 0.15) is 10.6 Å². The van der Waals surface area contributed by atoms with Crippen molar-refractivity contribution in [2.45, 2.75) is 50.1 Å². The molecule has 0 unspecified atom stereocenters. The summed E-state index contributed by atoms with van der Waals surface area (Å²) in [5, 5.41) is 2.54. The molecule has 7 heteroatoms. The number of aromatic nitrogens is 3. The third-order valence-corrected chi connectivity index (χ3v) is 7.55. The van der Waals surface area contributed by atoms with Gasteiger partial charge in [0, 0.05) is 18.5 Å². The van der Waals surface area contributed by atoms with E-state index >= 15 is 0 Å². The molecule has 1 aliphatic carbocycles. The van der Waals surface area contributed by atoms with Crippen LogP contribution in [0.15, 0.2) is 5.16 Å². The van der Waals surface area contributed by atoms with Gasteiger partial charge in [-0.05, 0) is 62.3 Å². The van der Waals surface area contributed by atoms with Gasteiger partial charge in [0.15, 0.2) is 10.3 Å². The Bertz CT molecular complexity index is 995. The number of fused-ring (bicyclic) bond motifs is 5. The fourth-order valence-electron chi connectivity index (χ4n) is 4.31. The first-order valence-corrected chi connectivity index (χ1v) is 11.8. The van der Waals surface area contributed by atoms with Crippen molar-refractivity contribution in [2.24, 2.45) is 0 Å². The molecule has 0 aromatic carbocycles. The first-order chi connectivity index (χ1) is 12.8. The lowest BCUT2D eigenvalue weighted by atomic mass is 9.89. The van der Waals surface area contributed by atoms with Crippen LogP contribution in [0.5, 0.6) is 0 Å². The molecule has 3 aromatic heterocycles. The molecule has 0 N–H and O–H groups in total. The monoisotopic (exact) mass is 404 g/mol. The summed E-state index contributed by atoms with van der Waals surface area (Å²) in [6.45, 7) is 2.26. The molecule has 0 spiro atoms. The number of halogens is 1. The lowest BCUT2D eigenvalue weighted by molar-refractivity contribution is 0.569. The second kappa shape index (κ2) is 6.80. The normalized spacial score (nSPS) is 17.8. The lowest BCUT2D eigenvalue weighted by Crippen LogP contribution is -2.31. The number of rotatable bonds is 2. The predicted molar refractivity (Wildman–Crippen MR) is 112 cm³/mol. The average molecular weight is 405 g/mol. The fraction of sp³-hybridized carbons (Fsp3) is 0.526. The SMILES string of the molecule is CSc1nc(Cl)c2sc3nc(N4CCCCC4)c4c(c3c2n1)CCCC4. The smallest absolute Gasteiger partial charge is 0.189 e. The number of hydrogen-bond acceptors (Lipinski definition) is 6. The van der Waals surface area contributed by atoms with Crippen molar-refractivity contribution in [3.8, 4) is 0 Å². The minimum atomic E-state index is 0.562. The Hall–Kier alpha value is -1.11. The van der Waals surface area contributed by atoms with Crippen molar-refractivity contribution >= 4 is 61.0 Å². The van der Waals surface area contributed by atoms with Crippen LogP contribution < -0.4 is 4.90 Å². The predicted octanol–water partition coefficient (Wildman–Crippen LogP) is 5.48. The third-order valence-electron chi connectivity index (χ3n) is 5.54. The summed E-state index contributed by atoms with van der Waals surface area (Å²) in [6.07, 6.45) is 10.6. The van der Waals surface area contributed by atoms with Crippen molar-refractivity contribution < 1.29 is 0 Å². The minimum Gasteiger partial charge on any atom is -0.356 e. The van der Waals surface area contributed by atoms with E-state index in [1.165, 1.54) is 54.4 Å². The summed E-state index contributed by atoms with van der Waals surface area (Å²) in [5.41, 5.74) is 3.94. The number of hydrogen-bond donors (Lipinski definition) is 0. The highest BCUT2D eigenvalue weighted by Gasteiger charge is 2.26. The van der Waals surface area contributed by atoms with Crippen molar-refractivity contribution in [3.63, 3.8) is 0 Å². The highest BCUT2D eigenvalue weighted by molar-refractivity contribution is 7.98. The zero-order valence-corrected chi connectivity index (χ0v) is 17.2. The average Bonchev–Trinajstić information content (AvgIpc) is 3.07. The highest BCUT2D eigenvalue weighted by Crippen LogP contribution is 2.43. The Morgan fingerprint density at radius 3 is 2.50 bits per heavy atom. The quantitative estimate of drug-likeness (QED) is 0.321. The molecule has 1 saturated heterocycles. The minimum absolute atomic E-state index is 0.562. The summed E-state index contributed by atoms with van der Waals surface area (Å²) < 4.78 is 0.982. The Labute approximate surface area is 166 Å². The topological polar surface area (TPSA) is 41.9 Å². The summed E-state index contributed by atoms with van der Waals surface area (Å²) in [7, 11) is 0. The second-order valence-electron chi connectivity index (χ2n) is 7.11. The van der Waals surface area contributed by atoms with E-state index in [-0.39, 0.29) is 0 Å². The standard InChI is InChI=1S/C19H21ClN4S2/c1-25-19-21-14-13-11-7-3-4-8-12(11)17(24-9-5-2-6-10-24)23-18(13)26-15(14)16(20)22-19/h2-10H2,1H3. The van der Waals surface area contributed by atoms with Crippen molar-refractivity contribution in [1.29, 1.82) is 0 Å². The molecule has 26 heavy (non-hydrogen) atoms. The Morgan fingerprint density at radius 1 is 0.962 bits per heavy atom. The summed E-state index contributed by atoms with van der Waals surface area (Å²) in [6, 6.07) is 0. The molecule has 3 aromatic rings. The van der Waals surface area contributed by atoms with Gasteiger partial charge in [-0.25, -0.2) is 15.0 Å². The van der Waals surface area contributed by atoms with Gasteiger partial charge in [0.05, 0.1) is 10.2 Å². The van der Waals surface area contributed by atoms with Gasteiger partial charge in [-0.2, -0.15) is 0 Å². The number of piperidine rings is 1. The number of thioether (sulfide) groups is 1. The fourth-order valence-corrected chi connectivity index (χ4v) is 6.04. The van der Waals surface area contributed by atoms with E-state index in [1.54, 1.807) is 23.1 Å². The van der Waals surface area contributed by atoms with Gasteiger partial charge in [-0.3, -0.25) is 0 Å². The molecular formula is C19H21ClN4S2. The Morgan fingerprint density at radius 2 is 1.73 bits per heavy atom. The summed E-state index contributed by atoms with van der Waals surface area (Å²) in [4.78, 5) is 18.0. The molecule has 136 valence electrons. The van der Waals surface area contributed by atoms with Crippen LogP contribution in [-0.4, -0.2) is 34.3 Å². The third kappa shape index (κ3) is 2.69.